The van der Waals surface area contributed by atoms with Crippen LogP contribution in [-0.4, -0.2) is 22.9 Å². The highest BCUT2D eigenvalue weighted by Gasteiger charge is 2.47. The van der Waals surface area contributed by atoms with Crippen molar-refractivity contribution in [3.63, 3.8) is 0 Å². The number of carbonyl (C=O) groups excluding carboxylic acids is 1. The first-order chi connectivity index (χ1) is 8.48. The van der Waals surface area contributed by atoms with Crippen molar-refractivity contribution in [2.75, 3.05) is 6.54 Å². The number of amides is 1. The smallest absolute Gasteiger partial charge is 0.244 e. The molecule has 2 heterocycles. The Morgan fingerprint density at radius 2 is 2.28 bits per heavy atom. The molecule has 2 rings (SSSR count). The molecular weight excluding hydrogens is 244 g/mol. The van der Waals surface area contributed by atoms with Crippen LogP contribution in [0, 0.1) is 5.92 Å². The van der Waals surface area contributed by atoms with E-state index >= 15 is 0 Å². The van der Waals surface area contributed by atoms with Crippen molar-refractivity contribution in [3.05, 3.63) is 22.4 Å². The highest BCUT2D eigenvalue weighted by atomic mass is 32.1. The summed E-state index contributed by atoms with van der Waals surface area (Å²) in [6.45, 7) is 9.19. The van der Waals surface area contributed by atoms with Gasteiger partial charge in [0.25, 0.3) is 0 Å². The number of hydrogen-bond donors (Lipinski definition) is 1. The van der Waals surface area contributed by atoms with E-state index in [1.54, 1.807) is 11.3 Å². The molecule has 1 saturated heterocycles. The Kier molecular flexibility index (Phi) is 3.78. The van der Waals surface area contributed by atoms with Gasteiger partial charge in [-0.3, -0.25) is 10.1 Å². The first-order valence-electron chi connectivity index (χ1n) is 6.59. The van der Waals surface area contributed by atoms with E-state index in [0.717, 1.165) is 13.0 Å². The largest absolute Gasteiger partial charge is 0.321 e. The van der Waals surface area contributed by atoms with Crippen LogP contribution in [0.5, 0.6) is 0 Å². The second-order valence-electron chi connectivity index (χ2n) is 5.64. The fourth-order valence-electron chi connectivity index (χ4n) is 2.40. The second-order valence-corrected chi connectivity index (χ2v) is 6.42. The Morgan fingerprint density at radius 1 is 1.56 bits per heavy atom. The lowest BCUT2D eigenvalue weighted by Crippen LogP contribution is -2.43. The number of hydrogen-bond acceptors (Lipinski definition) is 3. The Labute approximate surface area is 113 Å². The second kappa shape index (κ2) is 5.02. The lowest BCUT2D eigenvalue weighted by Gasteiger charge is -2.25. The first-order valence-corrected chi connectivity index (χ1v) is 7.53. The van der Waals surface area contributed by atoms with E-state index < -0.39 is 5.54 Å². The Morgan fingerprint density at radius 3 is 2.78 bits per heavy atom. The molecule has 18 heavy (non-hydrogen) atoms. The van der Waals surface area contributed by atoms with E-state index in [-0.39, 0.29) is 12.1 Å². The third kappa shape index (κ3) is 2.31. The highest BCUT2D eigenvalue weighted by Crippen LogP contribution is 2.33. The highest BCUT2D eigenvalue weighted by molar-refractivity contribution is 7.07. The molecule has 0 spiro atoms. The summed E-state index contributed by atoms with van der Waals surface area (Å²) in [5, 5.41) is 7.70. The molecule has 3 nitrogen and oxygen atoms in total. The third-order valence-electron chi connectivity index (χ3n) is 3.63. The van der Waals surface area contributed by atoms with Crippen molar-refractivity contribution in [2.24, 2.45) is 5.92 Å². The fourth-order valence-corrected chi connectivity index (χ4v) is 3.08. The van der Waals surface area contributed by atoms with Gasteiger partial charge >= 0.3 is 0 Å². The van der Waals surface area contributed by atoms with Gasteiger partial charge in [0.15, 0.2) is 0 Å². The van der Waals surface area contributed by atoms with Crippen LogP contribution in [0.4, 0.5) is 0 Å². The fraction of sp³-hybridized carbons (Fsp3) is 0.643. The van der Waals surface area contributed by atoms with Crippen molar-refractivity contribution in [3.8, 4) is 0 Å². The first kappa shape index (κ1) is 13.6. The Balaban J connectivity index is 2.29. The summed E-state index contributed by atoms with van der Waals surface area (Å²) in [6, 6.07) is 2.10. The third-order valence-corrected chi connectivity index (χ3v) is 4.33. The number of rotatable bonds is 4. The summed E-state index contributed by atoms with van der Waals surface area (Å²) in [7, 11) is 0. The molecule has 1 fully saturated rings. The maximum absolute atomic E-state index is 12.6. The molecule has 0 bridgehead atoms. The van der Waals surface area contributed by atoms with Gasteiger partial charge in [-0.05, 0) is 41.7 Å². The normalized spacial score (nSPS) is 28.4. The van der Waals surface area contributed by atoms with Gasteiger partial charge in [0.1, 0.15) is 6.17 Å². The summed E-state index contributed by atoms with van der Waals surface area (Å²) in [5.74, 6) is 0.714. The minimum Gasteiger partial charge on any atom is -0.321 e. The molecule has 0 aromatic carbocycles. The Bertz CT molecular complexity index is 415. The SMILES string of the molecule is CCC1(C)NC(c2ccsc2)N(CC(C)C)C1=O. The maximum atomic E-state index is 12.6. The van der Waals surface area contributed by atoms with Crippen LogP contribution in [0.1, 0.15) is 45.8 Å². The van der Waals surface area contributed by atoms with Crippen molar-refractivity contribution >= 4 is 17.2 Å². The molecule has 4 heteroatoms. The van der Waals surface area contributed by atoms with Crippen LogP contribution in [0.25, 0.3) is 0 Å². The van der Waals surface area contributed by atoms with Crippen molar-refractivity contribution < 1.29 is 4.79 Å². The van der Waals surface area contributed by atoms with E-state index in [1.807, 2.05) is 11.8 Å². The number of nitrogens with one attached hydrogen (secondary N) is 1. The molecule has 1 aliphatic heterocycles. The molecule has 2 atom stereocenters. The van der Waals surface area contributed by atoms with E-state index in [2.05, 4.69) is 42.9 Å². The molecule has 0 radical (unpaired) electrons. The predicted molar refractivity (Wildman–Crippen MR) is 75.4 cm³/mol. The van der Waals surface area contributed by atoms with E-state index in [9.17, 15) is 4.79 Å². The summed E-state index contributed by atoms with van der Waals surface area (Å²) < 4.78 is 0. The molecule has 1 aromatic rings. The summed E-state index contributed by atoms with van der Waals surface area (Å²) in [5.41, 5.74) is 0.785. The van der Waals surface area contributed by atoms with Crippen LogP contribution >= 0.6 is 11.3 Å². The van der Waals surface area contributed by atoms with E-state index in [0.29, 0.717) is 5.92 Å². The van der Waals surface area contributed by atoms with E-state index in [1.165, 1.54) is 5.56 Å². The van der Waals surface area contributed by atoms with Gasteiger partial charge in [-0.25, -0.2) is 0 Å². The summed E-state index contributed by atoms with van der Waals surface area (Å²) in [4.78, 5) is 14.6. The zero-order valence-electron chi connectivity index (χ0n) is 11.6. The van der Waals surface area contributed by atoms with Crippen molar-refractivity contribution in [2.45, 2.75) is 45.8 Å². The topological polar surface area (TPSA) is 32.3 Å². The van der Waals surface area contributed by atoms with Gasteiger partial charge in [-0.15, -0.1) is 0 Å². The molecule has 1 N–H and O–H groups in total. The van der Waals surface area contributed by atoms with Crippen LogP contribution in [0.3, 0.4) is 0 Å². The number of nitrogens with zero attached hydrogens (tertiary/aromatic N) is 1. The van der Waals surface area contributed by atoms with Crippen LogP contribution in [-0.2, 0) is 4.79 Å². The molecule has 100 valence electrons. The number of carbonyl (C=O) groups is 1. The van der Waals surface area contributed by atoms with Gasteiger partial charge in [0.05, 0.1) is 5.54 Å². The lowest BCUT2D eigenvalue weighted by molar-refractivity contribution is -0.133. The maximum Gasteiger partial charge on any atom is 0.244 e. The molecule has 0 saturated carbocycles. The van der Waals surface area contributed by atoms with E-state index in [4.69, 9.17) is 0 Å². The average Bonchev–Trinajstić information content (AvgIpc) is 2.91. The van der Waals surface area contributed by atoms with Crippen LogP contribution < -0.4 is 5.32 Å². The van der Waals surface area contributed by atoms with Crippen molar-refractivity contribution in [1.29, 1.82) is 0 Å². The monoisotopic (exact) mass is 266 g/mol. The van der Waals surface area contributed by atoms with Gasteiger partial charge < -0.3 is 4.90 Å². The predicted octanol–water partition coefficient (Wildman–Crippen LogP) is 3.00. The zero-order valence-corrected chi connectivity index (χ0v) is 12.4. The number of thiophene rings is 1. The average molecular weight is 266 g/mol. The van der Waals surface area contributed by atoms with Crippen LogP contribution in [0.15, 0.2) is 16.8 Å². The van der Waals surface area contributed by atoms with Gasteiger partial charge in [-0.2, -0.15) is 11.3 Å². The standard InChI is InChI=1S/C14H22N2OS/c1-5-14(4)13(17)16(8-10(2)3)12(15-14)11-6-7-18-9-11/h6-7,9-10,12,15H,5,8H2,1-4H3. The molecular formula is C14H22N2OS. The zero-order chi connectivity index (χ0) is 13.3. The summed E-state index contributed by atoms with van der Waals surface area (Å²) in [6.07, 6.45) is 0.859. The summed E-state index contributed by atoms with van der Waals surface area (Å²) >= 11 is 1.68. The molecule has 2 unspecified atom stereocenters. The van der Waals surface area contributed by atoms with Gasteiger partial charge in [-0.1, -0.05) is 20.8 Å². The molecule has 0 aliphatic carbocycles. The lowest BCUT2D eigenvalue weighted by atomic mass is 9.99. The minimum absolute atomic E-state index is 0.0381. The van der Waals surface area contributed by atoms with Gasteiger partial charge in [0, 0.05) is 6.54 Å². The minimum atomic E-state index is -0.415. The van der Waals surface area contributed by atoms with Crippen molar-refractivity contribution in [1.82, 2.24) is 10.2 Å². The molecule has 1 amide bonds. The Hall–Kier alpha value is -0.870. The molecule has 1 aliphatic rings. The van der Waals surface area contributed by atoms with Gasteiger partial charge in [0.2, 0.25) is 5.91 Å². The van der Waals surface area contributed by atoms with Crippen LogP contribution in [0.2, 0.25) is 0 Å². The quantitative estimate of drug-likeness (QED) is 0.908. The molecule has 1 aromatic heterocycles.